The summed E-state index contributed by atoms with van der Waals surface area (Å²) in [6, 6.07) is 4.68. The number of rotatable bonds is 8. The van der Waals surface area contributed by atoms with Crippen LogP contribution in [0.15, 0.2) is 22.5 Å². The maximum absolute atomic E-state index is 11.7. The Balaban J connectivity index is 0.00000364. The first-order chi connectivity index (χ1) is 12.6. The van der Waals surface area contributed by atoms with Crippen LogP contribution in [0, 0.1) is 5.92 Å². The molecule has 0 aliphatic carbocycles. The summed E-state index contributed by atoms with van der Waals surface area (Å²) in [4.78, 5) is 20.0. The standard InChI is InChI=1S/C19H33N5OS.HI/c1-4-20-18(25)14-23-19(21-5-2)22-13-16(17-7-6-12-26-17)24-10-8-15(3)9-11-24;/h6-7,12,15-16H,4-5,8-11,13-14H2,1-3H3,(H,20,25)(H2,21,22,23);1H. The van der Waals surface area contributed by atoms with Gasteiger partial charge in [0, 0.05) is 24.5 Å². The molecule has 0 saturated carbocycles. The predicted molar refractivity (Wildman–Crippen MR) is 125 cm³/mol. The van der Waals surface area contributed by atoms with Gasteiger partial charge in [-0.1, -0.05) is 13.0 Å². The molecule has 0 radical (unpaired) electrons. The van der Waals surface area contributed by atoms with Gasteiger partial charge in [0.1, 0.15) is 6.54 Å². The lowest BCUT2D eigenvalue weighted by atomic mass is 9.97. The van der Waals surface area contributed by atoms with Gasteiger partial charge in [-0.2, -0.15) is 0 Å². The maximum atomic E-state index is 11.7. The first kappa shape index (κ1) is 24.2. The number of hydrogen-bond acceptors (Lipinski definition) is 4. The lowest BCUT2D eigenvalue weighted by molar-refractivity contribution is -0.119. The second-order valence-electron chi connectivity index (χ2n) is 6.78. The van der Waals surface area contributed by atoms with E-state index in [0.29, 0.717) is 18.5 Å². The summed E-state index contributed by atoms with van der Waals surface area (Å²) in [5, 5.41) is 11.6. The van der Waals surface area contributed by atoms with Crippen molar-refractivity contribution in [3.63, 3.8) is 0 Å². The van der Waals surface area contributed by atoms with Crippen LogP contribution in [0.2, 0.25) is 0 Å². The summed E-state index contributed by atoms with van der Waals surface area (Å²) in [5.41, 5.74) is 0. The number of carbonyl (C=O) groups excluding carboxylic acids is 1. The SMILES string of the molecule is CCNC(=O)CN=C(NCC)NCC(c1cccs1)N1CCC(C)CC1.I. The molecular formula is C19H34IN5OS. The Morgan fingerprint density at radius 1 is 1.26 bits per heavy atom. The van der Waals surface area contributed by atoms with Gasteiger partial charge in [-0.05, 0) is 57.1 Å². The topological polar surface area (TPSA) is 68.8 Å². The summed E-state index contributed by atoms with van der Waals surface area (Å²) in [7, 11) is 0. The van der Waals surface area contributed by atoms with E-state index in [9.17, 15) is 4.79 Å². The molecular weight excluding hydrogens is 473 g/mol. The van der Waals surface area contributed by atoms with E-state index in [1.807, 2.05) is 25.2 Å². The zero-order chi connectivity index (χ0) is 18.8. The van der Waals surface area contributed by atoms with Crippen molar-refractivity contribution in [2.45, 2.75) is 39.7 Å². The Morgan fingerprint density at radius 2 is 1.96 bits per heavy atom. The fourth-order valence-corrected chi connectivity index (χ4v) is 4.03. The van der Waals surface area contributed by atoms with Crippen LogP contribution in [0.25, 0.3) is 0 Å². The van der Waals surface area contributed by atoms with Crippen molar-refractivity contribution in [1.29, 1.82) is 0 Å². The molecule has 0 bridgehead atoms. The van der Waals surface area contributed by atoms with Crippen molar-refractivity contribution in [3.8, 4) is 0 Å². The number of nitrogens with one attached hydrogen (secondary N) is 3. The smallest absolute Gasteiger partial charge is 0.241 e. The summed E-state index contributed by atoms with van der Waals surface area (Å²) >= 11 is 1.81. The fraction of sp³-hybridized carbons (Fsp3) is 0.684. The third-order valence-electron chi connectivity index (χ3n) is 4.69. The van der Waals surface area contributed by atoms with E-state index >= 15 is 0 Å². The highest BCUT2D eigenvalue weighted by Crippen LogP contribution is 2.28. The van der Waals surface area contributed by atoms with Crippen LogP contribution in [-0.4, -0.2) is 56.0 Å². The van der Waals surface area contributed by atoms with Crippen molar-refractivity contribution in [1.82, 2.24) is 20.9 Å². The average molecular weight is 507 g/mol. The van der Waals surface area contributed by atoms with E-state index in [0.717, 1.165) is 32.1 Å². The number of guanidine groups is 1. The van der Waals surface area contributed by atoms with E-state index in [-0.39, 0.29) is 36.4 Å². The molecule has 1 fully saturated rings. The molecule has 1 aromatic heterocycles. The normalized spacial score (nSPS) is 17.1. The van der Waals surface area contributed by atoms with Gasteiger partial charge in [-0.3, -0.25) is 9.69 Å². The van der Waals surface area contributed by atoms with Crippen LogP contribution in [0.4, 0.5) is 0 Å². The summed E-state index contributed by atoms with van der Waals surface area (Å²) < 4.78 is 0. The van der Waals surface area contributed by atoms with E-state index in [1.165, 1.54) is 17.7 Å². The van der Waals surface area contributed by atoms with Crippen molar-refractivity contribution in [3.05, 3.63) is 22.4 Å². The molecule has 6 nitrogen and oxygen atoms in total. The van der Waals surface area contributed by atoms with Gasteiger partial charge >= 0.3 is 0 Å². The number of aliphatic imine (C=N–C) groups is 1. The van der Waals surface area contributed by atoms with Gasteiger partial charge in [-0.15, -0.1) is 35.3 Å². The molecule has 3 N–H and O–H groups in total. The van der Waals surface area contributed by atoms with Gasteiger partial charge in [-0.25, -0.2) is 4.99 Å². The molecule has 1 aliphatic heterocycles. The third-order valence-corrected chi connectivity index (χ3v) is 5.67. The molecule has 1 atom stereocenters. The van der Waals surface area contributed by atoms with Crippen LogP contribution in [0.5, 0.6) is 0 Å². The Kier molecular flexibility index (Phi) is 11.9. The van der Waals surface area contributed by atoms with Crippen molar-refractivity contribution >= 4 is 47.2 Å². The minimum absolute atomic E-state index is 0. The van der Waals surface area contributed by atoms with Crippen molar-refractivity contribution < 1.29 is 4.79 Å². The van der Waals surface area contributed by atoms with Crippen LogP contribution in [0.1, 0.15) is 44.5 Å². The predicted octanol–water partition coefficient (Wildman–Crippen LogP) is 2.83. The zero-order valence-corrected chi connectivity index (χ0v) is 19.8. The van der Waals surface area contributed by atoms with Gasteiger partial charge in [0.2, 0.25) is 5.91 Å². The van der Waals surface area contributed by atoms with E-state index in [4.69, 9.17) is 0 Å². The number of amides is 1. The fourth-order valence-electron chi connectivity index (χ4n) is 3.17. The Bertz CT molecular complexity index is 558. The molecule has 2 heterocycles. The molecule has 1 aliphatic rings. The third kappa shape index (κ3) is 8.35. The highest BCUT2D eigenvalue weighted by molar-refractivity contribution is 14.0. The second-order valence-corrected chi connectivity index (χ2v) is 7.76. The molecule has 27 heavy (non-hydrogen) atoms. The number of likely N-dealkylation sites (N-methyl/N-ethyl adjacent to an activating group) is 1. The molecule has 1 aromatic rings. The average Bonchev–Trinajstić information content (AvgIpc) is 3.16. The minimum atomic E-state index is -0.0514. The zero-order valence-electron chi connectivity index (χ0n) is 16.7. The first-order valence-electron chi connectivity index (χ1n) is 9.70. The lowest BCUT2D eigenvalue weighted by Crippen LogP contribution is -2.45. The number of likely N-dealkylation sites (tertiary alicyclic amines) is 1. The lowest BCUT2D eigenvalue weighted by Gasteiger charge is -2.36. The number of nitrogens with zero attached hydrogens (tertiary/aromatic N) is 2. The molecule has 0 aromatic carbocycles. The molecule has 2 rings (SSSR count). The maximum Gasteiger partial charge on any atom is 0.241 e. The number of thiophene rings is 1. The first-order valence-corrected chi connectivity index (χ1v) is 10.6. The Labute approximate surface area is 184 Å². The Hall–Kier alpha value is -0.870. The summed E-state index contributed by atoms with van der Waals surface area (Å²) in [6.07, 6.45) is 2.51. The van der Waals surface area contributed by atoms with E-state index in [1.54, 1.807) is 0 Å². The molecule has 1 unspecified atom stereocenters. The van der Waals surface area contributed by atoms with Crippen LogP contribution in [0.3, 0.4) is 0 Å². The summed E-state index contributed by atoms with van der Waals surface area (Å²) in [6.45, 7) is 10.9. The van der Waals surface area contributed by atoms with Crippen LogP contribution >= 0.6 is 35.3 Å². The van der Waals surface area contributed by atoms with Crippen LogP contribution in [-0.2, 0) is 4.79 Å². The van der Waals surface area contributed by atoms with Crippen LogP contribution < -0.4 is 16.0 Å². The van der Waals surface area contributed by atoms with Crippen molar-refractivity contribution in [2.24, 2.45) is 10.9 Å². The monoisotopic (exact) mass is 507 g/mol. The largest absolute Gasteiger partial charge is 0.357 e. The molecule has 8 heteroatoms. The number of carbonyl (C=O) groups is 1. The quantitative estimate of drug-likeness (QED) is 0.288. The highest BCUT2D eigenvalue weighted by atomic mass is 127. The molecule has 0 spiro atoms. The van der Waals surface area contributed by atoms with Gasteiger partial charge in [0.25, 0.3) is 0 Å². The second kappa shape index (κ2) is 13.3. The van der Waals surface area contributed by atoms with Gasteiger partial charge in [0.05, 0.1) is 6.04 Å². The molecule has 1 saturated heterocycles. The molecule has 1 amide bonds. The Morgan fingerprint density at radius 3 is 2.56 bits per heavy atom. The highest BCUT2D eigenvalue weighted by Gasteiger charge is 2.25. The van der Waals surface area contributed by atoms with E-state index in [2.05, 4.69) is 50.3 Å². The minimum Gasteiger partial charge on any atom is -0.357 e. The summed E-state index contributed by atoms with van der Waals surface area (Å²) in [5.74, 6) is 1.47. The molecule has 154 valence electrons. The number of piperidine rings is 1. The number of hydrogen-bond donors (Lipinski definition) is 3. The van der Waals surface area contributed by atoms with Gasteiger partial charge < -0.3 is 16.0 Å². The number of halogens is 1. The van der Waals surface area contributed by atoms with Gasteiger partial charge in [0.15, 0.2) is 5.96 Å². The van der Waals surface area contributed by atoms with Crippen molar-refractivity contribution in [2.75, 3.05) is 39.3 Å². The van der Waals surface area contributed by atoms with E-state index < -0.39 is 0 Å².